The lowest BCUT2D eigenvalue weighted by Gasteiger charge is -2.29. The normalized spacial score (nSPS) is 21.1. The van der Waals surface area contributed by atoms with E-state index in [4.69, 9.17) is 0 Å². The van der Waals surface area contributed by atoms with Crippen LogP contribution in [0.2, 0.25) is 0 Å². The molecule has 26 heavy (non-hydrogen) atoms. The quantitative estimate of drug-likeness (QED) is 0.365. The highest BCUT2D eigenvalue weighted by Crippen LogP contribution is 2.38. The topological polar surface area (TPSA) is 0 Å². The van der Waals surface area contributed by atoms with E-state index in [9.17, 15) is 13.2 Å². The van der Waals surface area contributed by atoms with Gasteiger partial charge in [0.2, 0.25) is 0 Å². The monoisotopic (exact) mass is 368 g/mol. The van der Waals surface area contributed by atoms with Gasteiger partial charge in [0.1, 0.15) is 0 Å². The van der Waals surface area contributed by atoms with Crippen LogP contribution in [-0.2, 0) is 6.42 Å². The average Bonchev–Trinajstić information content (AvgIpc) is 2.63. The van der Waals surface area contributed by atoms with Crippen molar-refractivity contribution in [2.45, 2.75) is 102 Å². The van der Waals surface area contributed by atoms with Crippen LogP contribution in [0.15, 0.2) is 24.3 Å². The summed E-state index contributed by atoms with van der Waals surface area (Å²) < 4.78 is 36.9. The van der Waals surface area contributed by atoms with Crippen molar-refractivity contribution in [1.29, 1.82) is 0 Å². The molecule has 0 aromatic heterocycles. The van der Waals surface area contributed by atoms with Crippen molar-refractivity contribution >= 4 is 0 Å². The molecule has 0 nitrogen and oxygen atoms in total. The molecule has 0 N–H and O–H groups in total. The number of unbranched alkanes of at least 4 members (excludes halogenated alkanes) is 5. The predicted octanol–water partition coefficient (Wildman–Crippen LogP) is 8.21. The van der Waals surface area contributed by atoms with Gasteiger partial charge in [-0.05, 0) is 55.1 Å². The van der Waals surface area contributed by atoms with Gasteiger partial charge in [0.15, 0.2) is 0 Å². The molecular formula is C23H35F3. The molecule has 1 aromatic rings. The minimum Gasteiger partial charge on any atom is -0.171 e. The van der Waals surface area contributed by atoms with Gasteiger partial charge in [-0.2, -0.15) is 13.2 Å². The maximum absolute atomic E-state index is 12.3. The van der Waals surface area contributed by atoms with Gasteiger partial charge in [-0.25, -0.2) is 0 Å². The Hall–Kier alpha value is -0.990. The highest BCUT2D eigenvalue weighted by Gasteiger charge is 2.26. The van der Waals surface area contributed by atoms with E-state index < -0.39 is 12.6 Å². The van der Waals surface area contributed by atoms with Gasteiger partial charge in [0.25, 0.3) is 0 Å². The molecule has 0 spiro atoms. The Morgan fingerprint density at radius 2 is 1.46 bits per heavy atom. The van der Waals surface area contributed by atoms with Crippen LogP contribution in [0.3, 0.4) is 0 Å². The van der Waals surface area contributed by atoms with E-state index in [1.807, 2.05) is 12.1 Å². The molecule has 1 saturated carbocycles. The molecule has 0 bridgehead atoms. The van der Waals surface area contributed by atoms with E-state index in [1.54, 1.807) is 0 Å². The Balaban J connectivity index is 1.66. The van der Waals surface area contributed by atoms with Crippen molar-refractivity contribution < 1.29 is 13.2 Å². The summed E-state index contributed by atoms with van der Waals surface area (Å²) in [4.78, 5) is 0. The van der Waals surface area contributed by atoms with Crippen LogP contribution in [0.25, 0.3) is 0 Å². The Morgan fingerprint density at radius 1 is 0.846 bits per heavy atom. The fraction of sp³-hybridized carbons (Fsp3) is 0.739. The summed E-state index contributed by atoms with van der Waals surface area (Å²) in [5, 5.41) is 0. The van der Waals surface area contributed by atoms with Gasteiger partial charge in [-0.15, -0.1) is 0 Å². The van der Waals surface area contributed by atoms with Crippen LogP contribution in [-0.4, -0.2) is 6.18 Å². The lowest BCUT2D eigenvalue weighted by atomic mass is 9.77. The van der Waals surface area contributed by atoms with Crippen LogP contribution >= 0.6 is 0 Å². The minimum absolute atomic E-state index is 0.0920. The second-order valence-electron chi connectivity index (χ2n) is 8.13. The Labute approximate surface area is 157 Å². The molecule has 0 unspecified atom stereocenters. The zero-order valence-electron chi connectivity index (χ0n) is 16.3. The first kappa shape index (κ1) is 21.3. The molecule has 0 heterocycles. The second-order valence-corrected chi connectivity index (χ2v) is 8.13. The van der Waals surface area contributed by atoms with E-state index in [0.717, 1.165) is 11.5 Å². The van der Waals surface area contributed by atoms with Crippen LogP contribution in [0, 0.1) is 5.92 Å². The number of aryl methyl sites for hydroxylation is 1. The van der Waals surface area contributed by atoms with Crippen molar-refractivity contribution in [2.75, 3.05) is 0 Å². The first-order chi connectivity index (χ1) is 12.5. The summed E-state index contributed by atoms with van der Waals surface area (Å²) in [6.45, 7) is 2.26. The van der Waals surface area contributed by atoms with Crippen molar-refractivity contribution in [1.82, 2.24) is 0 Å². The van der Waals surface area contributed by atoms with Gasteiger partial charge in [-0.3, -0.25) is 0 Å². The molecule has 148 valence electrons. The van der Waals surface area contributed by atoms with Crippen LogP contribution in [0.4, 0.5) is 13.2 Å². The fourth-order valence-corrected chi connectivity index (χ4v) is 4.24. The van der Waals surface area contributed by atoms with E-state index in [2.05, 4.69) is 19.1 Å². The lowest BCUT2D eigenvalue weighted by molar-refractivity contribution is -0.133. The zero-order valence-corrected chi connectivity index (χ0v) is 16.3. The van der Waals surface area contributed by atoms with Crippen LogP contribution in [0.5, 0.6) is 0 Å². The number of rotatable bonds is 10. The largest absolute Gasteiger partial charge is 0.389 e. The molecule has 3 heteroatoms. The zero-order chi connectivity index (χ0) is 18.8. The Kier molecular flexibility index (Phi) is 9.01. The molecule has 1 aromatic carbocycles. The molecule has 2 rings (SSSR count). The minimum atomic E-state index is -4.06. The molecule has 1 aliphatic carbocycles. The first-order valence-corrected chi connectivity index (χ1v) is 10.6. The van der Waals surface area contributed by atoms with Crippen LogP contribution < -0.4 is 0 Å². The number of benzene rings is 1. The molecule has 1 fully saturated rings. The Bertz CT molecular complexity index is 481. The fourth-order valence-electron chi connectivity index (χ4n) is 4.24. The second kappa shape index (κ2) is 11.0. The standard InChI is InChI=1S/C23H35F3/c1-2-3-4-5-6-7-8-19-9-13-21(14-10-19)22-15-11-20(12-16-22)17-18-23(24,25)26/h11-12,15-16,19,21H,2-10,13-14,17-18H2,1H3/t19-,21-. The summed E-state index contributed by atoms with van der Waals surface area (Å²) in [6, 6.07) is 7.90. The third kappa shape index (κ3) is 8.14. The average molecular weight is 369 g/mol. The molecule has 1 aliphatic rings. The molecular weight excluding hydrogens is 333 g/mol. The van der Waals surface area contributed by atoms with Gasteiger partial charge < -0.3 is 0 Å². The number of alkyl halides is 3. The summed E-state index contributed by atoms with van der Waals surface area (Å²) in [6.07, 6.45) is 10.0. The molecule has 0 radical (unpaired) electrons. The summed E-state index contributed by atoms with van der Waals surface area (Å²) in [7, 11) is 0. The van der Waals surface area contributed by atoms with Crippen molar-refractivity contribution in [3.8, 4) is 0 Å². The highest BCUT2D eigenvalue weighted by molar-refractivity contribution is 5.26. The molecule has 0 amide bonds. The van der Waals surface area contributed by atoms with Gasteiger partial charge in [0, 0.05) is 6.42 Å². The van der Waals surface area contributed by atoms with Crippen molar-refractivity contribution in [3.63, 3.8) is 0 Å². The predicted molar refractivity (Wildman–Crippen MR) is 104 cm³/mol. The third-order valence-corrected chi connectivity index (χ3v) is 5.96. The maximum atomic E-state index is 12.3. The Morgan fingerprint density at radius 3 is 2.08 bits per heavy atom. The van der Waals surface area contributed by atoms with Crippen molar-refractivity contribution in [2.24, 2.45) is 5.92 Å². The van der Waals surface area contributed by atoms with Gasteiger partial charge >= 0.3 is 6.18 Å². The first-order valence-electron chi connectivity index (χ1n) is 10.6. The van der Waals surface area contributed by atoms with E-state index in [0.29, 0.717) is 5.92 Å². The molecule has 0 aliphatic heterocycles. The van der Waals surface area contributed by atoms with Crippen molar-refractivity contribution in [3.05, 3.63) is 35.4 Å². The highest BCUT2D eigenvalue weighted by atomic mass is 19.4. The summed E-state index contributed by atoms with van der Waals surface area (Å²) in [5.74, 6) is 1.50. The lowest BCUT2D eigenvalue weighted by Crippen LogP contribution is -2.13. The third-order valence-electron chi connectivity index (χ3n) is 5.96. The number of hydrogen-bond donors (Lipinski definition) is 0. The smallest absolute Gasteiger partial charge is 0.171 e. The summed E-state index contributed by atoms with van der Waals surface area (Å²) in [5.41, 5.74) is 2.11. The molecule has 0 atom stereocenters. The van der Waals surface area contributed by atoms with E-state index >= 15 is 0 Å². The summed E-state index contributed by atoms with van der Waals surface area (Å²) >= 11 is 0. The van der Waals surface area contributed by atoms with E-state index in [-0.39, 0.29) is 6.42 Å². The molecule has 0 saturated heterocycles. The maximum Gasteiger partial charge on any atom is 0.389 e. The SMILES string of the molecule is CCCCCCCC[C@H]1CC[C@H](c2ccc(CCC(F)(F)F)cc2)CC1. The van der Waals surface area contributed by atoms with Gasteiger partial charge in [0.05, 0.1) is 0 Å². The van der Waals surface area contributed by atoms with Gasteiger partial charge in [-0.1, -0.05) is 76.1 Å². The number of halogens is 3. The van der Waals surface area contributed by atoms with Crippen LogP contribution in [0.1, 0.15) is 101 Å². The number of hydrogen-bond acceptors (Lipinski definition) is 0. The van der Waals surface area contributed by atoms with E-state index in [1.165, 1.54) is 76.2 Å².